The summed E-state index contributed by atoms with van der Waals surface area (Å²) in [6.45, 7) is -0.683. The van der Waals surface area contributed by atoms with Crippen LogP contribution in [-0.4, -0.2) is 4.92 Å². The minimum absolute atomic E-state index is 0.500. The van der Waals surface area contributed by atoms with E-state index in [1.54, 1.807) is 55.1 Å². The van der Waals surface area contributed by atoms with Gasteiger partial charge < -0.3 is 0 Å². The normalized spacial score (nSPS) is 114. The van der Waals surface area contributed by atoms with Gasteiger partial charge in [0.25, 0.3) is 0 Å². The van der Waals surface area contributed by atoms with Crippen molar-refractivity contribution in [1.82, 2.24) is 0 Å². The van der Waals surface area contributed by atoms with Crippen LogP contribution >= 0.6 is 0 Å². The molecule has 0 N–H and O–H groups in total. The van der Waals surface area contributed by atoms with Crippen LogP contribution < -0.4 is 0 Å². The zero-order valence-electron chi connectivity index (χ0n) is 9.55. The van der Waals surface area contributed by atoms with Gasteiger partial charge in [-0.15, -0.1) is 0 Å². The zero-order chi connectivity index (χ0) is 11.1. The monoisotopic (exact) mass is 273 g/mol. The topological polar surface area (TPSA) is 43.1 Å². The van der Waals surface area contributed by atoms with Crippen molar-refractivity contribution in [3.8, 4) is 0 Å². The van der Waals surface area contributed by atoms with Crippen molar-refractivity contribution >= 4 is 0 Å². The molecule has 92 valence electrons. The van der Waals surface area contributed by atoms with Gasteiger partial charge in [-0.1, -0.05) is 0 Å². The van der Waals surface area contributed by atoms with Crippen molar-refractivity contribution in [3.05, 3.63) is 22.4 Å². The van der Waals surface area contributed by atoms with Crippen LogP contribution in [0.5, 0.6) is 0 Å². The molecule has 0 aromatic carbocycles. The summed E-state index contributed by atoms with van der Waals surface area (Å²) in [7, 11) is 0. The summed E-state index contributed by atoms with van der Waals surface area (Å²) < 4.78 is 0. The number of nitrogens with zero attached hydrogens (tertiary/aromatic N) is 1. The maximum absolute atomic E-state index is 9.32. The molecule has 10 saturated heterocycles. The molecule has 10 rings (SSSR count). The summed E-state index contributed by atoms with van der Waals surface area (Å²) >= 11 is 0. The molecule has 17 heavy (non-hydrogen) atoms. The van der Waals surface area contributed by atoms with Crippen molar-refractivity contribution in [2.75, 3.05) is 0 Å². The summed E-state index contributed by atoms with van der Waals surface area (Å²) in [5, 5.41) is 9.32. The van der Waals surface area contributed by atoms with Crippen LogP contribution in [0.2, 0.25) is 48.2 Å². The molecule has 10 aliphatic heterocycles. The van der Waals surface area contributed by atoms with E-state index in [0.717, 1.165) is 6.20 Å². The van der Waals surface area contributed by atoms with E-state index in [9.17, 15) is 10.1 Å². The molecule has 0 saturated carbocycles. The third-order valence-corrected chi connectivity index (χ3v) is 56.7. The van der Waals surface area contributed by atoms with Crippen molar-refractivity contribution in [3.63, 3.8) is 0 Å². The van der Waals surface area contributed by atoms with Crippen LogP contribution in [0.25, 0.3) is 0 Å². The van der Waals surface area contributed by atoms with E-state index in [1.807, 2.05) is 0 Å². The van der Waals surface area contributed by atoms with Crippen molar-refractivity contribution in [1.29, 1.82) is 0 Å². The van der Waals surface area contributed by atoms with Crippen LogP contribution in [0.3, 0.4) is 0 Å². The van der Waals surface area contributed by atoms with Gasteiger partial charge in [-0.2, -0.15) is 0 Å². The summed E-state index contributed by atoms with van der Waals surface area (Å²) in [5.41, 5.74) is 0. The Morgan fingerprint density at radius 2 is 1.18 bits per heavy atom. The molecule has 10 aliphatic rings. The number of hydrogen-bond donors (Lipinski definition) is 0. The third-order valence-electron chi connectivity index (χ3n) is 14.8. The first-order valence-corrected chi connectivity index (χ1v) is 13.3. The van der Waals surface area contributed by atoms with Crippen molar-refractivity contribution in [2.45, 2.75) is 55.1 Å². The first-order valence-electron chi connectivity index (χ1n) is 6.91. The number of rotatable bonds is 1. The molecule has 10 heterocycles. The Morgan fingerprint density at radius 3 is 1.18 bits per heavy atom. The first-order chi connectivity index (χ1) is 7.93. The Balaban J connectivity index is 0.0000000947. The molecule has 0 unspecified atom stereocenters. The fraction of sp³-hybridized carbons (Fsp3) is 0.846. The molecule has 4 heteroatoms. The minimum atomic E-state index is -2.28. The molecule has 0 aromatic heterocycles. The quantitative estimate of drug-likeness (QED) is 0.408. The van der Waals surface area contributed by atoms with Gasteiger partial charge in [-0.05, 0) is 13.0 Å². The second-order valence-corrected chi connectivity index (χ2v) is 34.3. The van der Waals surface area contributed by atoms with Gasteiger partial charge >= 0.3 is 54.7 Å². The predicted octanol–water partition coefficient (Wildman–Crippen LogP) is 4.17. The fourth-order valence-electron chi connectivity index (χ4n) is 15.9. The summed E-state index contributed by atoms with van der Waals surface area (Å²) in [5.74, 6) is 0. The molecule has 10 fully saturated rings. The third kappa shape index (κ3) is 0.0711. The van der Waals surface area contributed by atoms with E-state index in [0.29, 0.717) is 0 Å². The van der Waals surface area contributed by atoms with E-state index in [1.165, 1.54) is 6.08 Å². The molecular formula is C13H15FeNO2. The maximum atomic E-state index is 9.32. The van der Waals surface area contributed by atoms with Crippen molar-refractivity contribution in [2.24, 2.45) is 0 Å². The summed E-state index contributed by atoms with van der Waals surface area (Å²) in [6, 6.07) is 0. The van der Waals surface area contributed by atoms with E-state index in [-0.39, 0.29) is 0 Å². The zero-order valence-corrected chi connectivity index (χ0v) is 10.6. The van der Waals surface area contributed by atoms with Gasteiger partial charge in [0.2, 0.25) is 6.20 Å². The Labute approximate surface area is 89.1 Å². The number of allylic oxidation sites excluding steroid dienone is 1. The Kier molecular flexibility index (Phi) is 0.210. The van der Waals surface area contributed by atoms with Gasteiger partial charge in [0.15, 0.2) is 0 Å². The predicted molar refractivity (Wildman–Crippen MR) is 59.3 cm³/mol. The van der Waals surface area contributed by atoms with Gasteiger partial charge in [-0.3, -0.25) is 10.1 Å². The molecule has 0 aromatic rings. The van der Waals surface area contributed by atoms with Gasteiger partial charge in [0.1, 0.15) is 0 Å². The van der Waals surface area contributed by atoms with Crippen molar-refractivity contribution < 1.29 is 11.4 Å². The molecule has 0 radical (unpaired) electrons. The average Bonchev–Trinajstić information content (AvgIpc) is 3.24. The Hall–Kier alpha value is -0.341. The number of nitro groups is 1. The van der Waals surface area contributed by atoms with Gasteiger partial charge in [-0.25, -0.2) is 0 Å². The van der Waals surface area contributed by atoms with Crippen LogP contribution in [0.4, 0.5) is 0 Å². The second kappa shape index (κ2) is 0.530. The van der Waals surface area contributed by atoms with Crippen LogP contribution in [0.1, 0.15) is 6.92 Å². The summed E-state index contributed by atoms with van der Waals surface area (Å²) in [6.07, 6.45) is 2.26. The molecule has 0 atom stereocenters. The number of hydrogen-bond acceptors (Lipinski definition) is 2. The van der Waals surface area contributed by atoms with Gasteiger partial charge in [0.05, 0.1) is 4.92 Å². The average molecular weight is 273 g/mol. The van der Waals surface area contributed by atoms with Crippen LogP contribution in [0.15, 0.2) is 12.3 Å². The van der Waals surface area contributed by atoms with Gasteiger partial charge in [0, 0.05) is 0 Å². The molecule has 0 aliphatic carbocycles. The Morgan fingerprint density at radius 1 is 0.882 bits per heavy atom. The Bertz CT molecular complexity index is 750. The van der Waals surface area contributed by atoms with E-state index in [2.05, 4.69) is 0 Å². The van der Waals surface area contributed by atoms with E-state index >= 15 is 0 Å². The molecule has 0 amide bonds. The SMILES string of the molecule is CC=C[N+](=O)[O-].[CH]12[CH]3[CH]4[CH]5[CH]1[Fe]23451678[CH]2[CH]1[CH]6[CH]7[CH]28. The number of fused-ring (bicyclic) bond motifs is 10. The molecule has 3 nitrogen and oxygen atoms in total. The van der Waals surface area contributed by atoms with E-state index < -0.39 is 11.4 Å². The fourth-order valence-corrected chi connectivity index (χ4v) is 88.1. The second-order valence-electron chi connectivity index (χ2n) is 10.4. The summed E-state index contributed by atoms with van der Waals surface area (Å²) in [4.78, 5) is 24.7. The molecule has 0 bridgehead atoms. The van der Waals surface area contributed by atoms with Crippen LogP contribution in [0, 0.1) is 10.1 Å². The van der Waals surface area contributed by atoms with Crippen LogP contribution in [-0.2, 0) is 6.51 Å². The standard InChI is InChI=1S/2C5H5.C3H5NO2.Fe/c2*1-2-4-5-3-1;1-2-3-4(5)6;/h2*1-5H;2-3H,1H3;. The van der Waals surface area contributed by atoms with E-state index in [4.69, 9.17) is 0 Å². The molecule has 1 spiro atoms. The molecular weight excluding hydrogens is 258 g/mol. The first kappa shape index (κ1) is 6.72.